The second-order valence-corrected chi connectivity index (χ2v) is 6.53. The minimum Gasteiger partial charge on any atom is -0.395 e. The van der Waals surface area contributed by atoms with Crippen molar-refractivity contribution in [3.63, 3.8) is 0 Å². The van der Waals surface area contributed by atoms with E-state index in [1.54, 1.807) is 13.8 Å². The van der Waals surface area contributed by atoms with Gasteiger partial charge in [-0.1, -0.05) is 12.1 Å². The van der Waals surface area contributed by atoms with Crippen LogP contribution in [0.3, 0.4) is 0 Å². The molecular weight excluding hydrogens is 284 g/mol. The fraction of sp³-hybridized carbons (Fsp3) is 0.500. The van der Waals surface area contributed by atoms with Gasteiger partial charge < -0.3 is 5.11 Å². The quantitative estimate of drug-likeness (QED) is 0.601. The van der Waals surface area contributed by atoms with E-state index >= 15 is 0 Å². The number of hydrogen-bond donors (Lipinski definition) is 1. The number of aliphatic hydroxyl groups excluding tert-OH is 1. The summed E-state index contributed by atoms with van der Waals surface area (Å²) in [6.45, 7) is 3.23. The Labute approximate surface area is 118 Å². The lowest BCUT2D eigenvalue weighted by Gasteiger charge is -2.25. The molecule has 112 valence electrons. The number of nitrogens with zero attached hydrogens (tertiary/aromatic N) is 2. The van der Waals surface area contributed by atoms with E-state index < -0.39 is 14.9 Å². The van der Waals surface area contributed by atoms with Gasteiger partial charge in [-0.3, -0.25) is 10.1 Å². The highest BCUT2D eigenvalue weighted by Crippen LogP contribution is 2.17. The first-order valence-corrected chi connectivity index (χ1v) is 7.72. The molecule has 0 heterocycles. The molecule has 0 spiro atoms. The molecule has 0 radical (unpaired) electrons. The summed E-state index contributed by atoms with van der Waals surface area (Å²) in [6, 6.07) is 5.14. The molecule has 0 aromatic heterocycles. The van der Waals surface area contributed by atoms with Crippen molar-refractivity contribution in [2.24, 2.45) is 0 Å². The second-order valence-electron chi connectivity index (χ2n) is 4.61. The standard InChI is InChI=1S/C12H18N2O5S/c1-10(2)13(7-8-15)20(18,19)9-11-3-5-12(6-4-11)14(16)17/h3-6,10,15H,7-9H2,1-2H3. The molecule has 0 bridgehead atoms. The Morgan fingerprint density at radius 3 is 2.25 bits per heavy atom. The fourth-order valence-corrected chi connectivity index (χ4v) is 3.61. The molecule has 0 fully saturated rings. The van der Waals surface area contributed by atoms with Crippen LogP contribution in [-0.2, 0) is 15.8 Å². The van der Waals surface area contributed by atoms with E-state index in [4.69, 9.17) is 5.11 Å². The molecule has 1 aromatic rings. The summed E-state index contributed by atoms with van der Waals surface area (Å²) < 4.78 is 25.7. The number of benzene rings is 1. The molecule has 0 amide bonds. The van der Waals surface area contributed by atoms with Crippen LogP contribution in [0, 0.1) is 10.1 Å². The predicted molar refractivity (Wildman–Crippen MR) is 74.6 cm³/mol. The summed E-state index contributed by atoms with van der Waals surface area (Å²) in [5.41, 5.74) is 0.390. The van der Waals surface area contributed by atoms with E-state index in [0.717, 1.165) is 0 Å². The van der Waals surface area contributed by atoms with Crippen molar-refractivity contribution < 1.29 is 18.4 Å². The van der Waals surface area contributed by atoms with Crippen molar-refractivity contribution in [2.75, 3.05) is 13.2 Å². The number of rotatable bonds is 7. The van der Waals surface area contributed by atoms with E-state index in [1.165, 1.54) is 28.6 Å². The first-order valence-electron chi connectivity index (χ1n) is 6.11. The molecular formula is C12H18N2O5S. The lowest BCUT2D eigenvalue weighted by Crippen LogP contribution is -2.39. The monoisotopic (exact) mass is 302 g/mol. The van der Waals surface area contributed by atoms with Gasteiger partial charge in [-0.05, 0) is 19.4 Å². The van der Waals surface area contributed by atoms with Crippen LogP contribution in [0.5, 0.6) is 0 Å². The van der Waals surface area contributed by atoms with Gasteiger partial charge in [0.2, 0.25) is 10.0 Å². The van der Waals surface area contributed by atoms with Gasteiger partial charge in [0.05, 0.1) is 17.3 Å². The Kier molecular flexibility index (Phi) is 5.61. The Morgan fingerprint density at radius 2 is 1.85 bits per heavy atom. The Hall–Kier alpha value is -1.51. The third-order valence-electron chi connectivity index (χ3n) is 2.75. The van der Waals surface area contributed by atoms with Crippen molar-refractivity contribution in [1.29, 1.82) is 0 Å². The number of hydrogen-bond acceptors (Lipinski definition) is 5. The van der Waals surface area contributed by atoms with Crippen LogP contribution in [0.25, 0.3) is 0 Å². The molecule has 0 saturated heterocycles. The lowest BCUT2D eigenvalue weighted by molar-refractivity contribution is -0.384. The maximum absolute atomic E-state index is 12.2. The van der Waals surface area contributed by atoms with Gasteiger partial charge in [0, 0.05) is 24.7 Å². The molecule has 0 aliphatic carbocycles. The van der Waals surface area contributed by atoms with Crippen molar-refractivity contribution >= 4 is 15.7 Å². The number of non-ortho nitro benzene ring substituents is 1. The fourth-order valence-electron chi connectivity index (χ4n) is 1.82. The zero-order valence-corrected chi connectivity index (χ0v) is 12.2. The third kappa shape index (κ3) is 4.26. The van der Waals surface area contributed by atoms with E-state index in [1.807, 2.05) is 0 Å². The summed E-state index contributed by atoms with van der Waals surface area (Å²) in [4.78, 5) is 9.99. The smallest absolute Gasteiger partial charge is 0.269 e. The second kappa shape index (κ2) is 6.78. The van der Waals surface area contributed by atoms with Gasteiger partial charge in [-0.2, -0.15) is 4.31 Å². The van der Waals surface area contributed by atoms with Crippen LogP contribution >= 0.6 is 0 Å². The molecule has 0 aliphatic heterocycles. The largest absolute Gasteiger partial charge is 0.395 e. The molecule has 0 atom stereocenters. The van der Waals surface area contributed by atoms with Crippen molar-refractivity contribution in [1.82, 2.24) is 4.31 Å². The summed E-state index contributed by atoms with van der Waals surface area (Å²) in [5, 5.41) is 19.5. The number of aliphatic hydroxyl groups is 1. The topological polar surface area (TPSA) is 101 Å². The normalized spacial score (nSPS) is 12.1. The first kappa shape index (κ1) is 16.5. The van der Waals surface area contributed by atoms with Gasteiger partial charge in [0.15, 0.2) is 0 Å². The van der Waals surface area contributed by atoms with Crippen molar-refractivity contribution in [3.8, 4) is 0 Å². The van der Waals surface area contributed by atoms with Gasteiger partial charge >= 0.3 is 0 Å². The molecule has 0 unspecified atom stereocenters. The van der Waals surface area contributed by atoms with Crippen LogP contribution < -0.4 is 0 Å². The zero-order chi connectivity index (χ0) is 15.3. The summed E-state index contributed by atoms with van der Waals surface area (Å²) in [6.07, 6.45) is 0. The SMILES string of the molecule is CC(C)N(CCO)S(=O)(=O)Cc1ccc([N+](=O)[O-])cc1. The summed E-state index contributed by atoms with van der Waals surface area (Å²) in [5.74, 6) is -0.247. The van der Waals surface area contributed by atoms with Gasteiger partial charge in [-0.15, -0.1) is 0 Å². The molecule has 1 rings (SSSR count). The molecule has 8 heteroatoms. The molecule has 0 aliphatic rings. The molecule has 20 heavy (non-hydrogen) atoms. The predicted octanol–water partition coefficient (Wildman–Crippen LogP) is 1.13. The Bertz CT molecular complexity index is 554. The van der Waals surface area contributed by atoms with Crippen LogP contribution in [0.1, 0.15) is 19.4 Å². The summed E-state index contributed by atoms with van der Waals surface area (Å²) in [7, 11) is -3.57. The minimum atomic E-state index is -3.57. The van der Waals surface area contributed by atoms with E-state index in [0.29, 0.717) is 5.56 Å². The van der Waals surface area contributed by atoms with Crippen LogP contribution in [0.4, 0.5) is 5.69 Å². The van der Waals surface area contributed by atoms with E-state index in [-0.39, 0.29) is 30.6 Å². The Balaban J connectivity index is 2.92. The Morgan fingerprint density at radius 1 is 1.30 bits per heavy atom. The highest BCUT2D eigenvalue weighted by molar-refractivity contribution is 7.88. The van der Waals surface area contributed by atoms with Crippen molar-refractivity contribution in [3.05, 3.63) is 39.9 Å². The average Bonchev–Trinajstić information content (AvgIpc) is 2.35. The van der Waals surface area contributed by atoms with Gasteiger partial charge in [0.1, 0.15) is 0 Å². The number of nitro benzene ring substituents is 1. The first-order chi connectivity index (χ1) is 9.27. The number of nitro groups is 1. The highest BCUT2D eigenvalue weighted by atomic mass is 32.2. The molecule has 7 nitrogen and oxygen atoms in total. The minimum absolute atomic E-state index is 0.0347. The maximum Gasteiger partial charge on any atom is 0.269 e. The third-order valence-corrected chi connectivity index (χ3v) is 4.77. The highest BCUT2D eigenvalue weighted by Gasteiger charge is 2.24. The summed E-state index contributed by atoms with van der Waals surface area (Å²) >= 11 is 0. The van der Waals surface area contributed by atoms with E-state index in [9.17, 15) is 18.5 Å². The van der Waals surface area contributed by atoms with Crippen LogP contribution in [0.15, 0.2) is 24.3 Å². The molecule has 1 N–H and O–H groups in total. The average molecular weight is 302 g/mol. The maximum atomic E-state index is 12.2. The molecule has 0 saturated carbocycles. The van der Waals surface area contributed by atoms with Gasteiger partial charge in [-0.25, -0.2) is 8.42 Å². The van der Waals surface area contributed by atoms with Crippen molar-refractivity contribution in [2.45, 2.75) is 25.6 Å². The van der Waals surface area contributed by atoms with E-state index in [2.05, 4.69) is 0 Å². The van der Waals surface area contributed by atoms with Gasteiger partial charge in [0.25, 0.3) is 5.69 Å². The van der Waals surface area contributed by atoms with Crippen LogP contribution in [0.2, 0.25) is 0 Å². The zero-order valence-electron chi connectivity index (χ0n) is 11.4. The van der Waals surface area contributed by atoms with Crippen LogP contribution in [-0.4, -0.2) is 41.9 Å². The molecule has 1 aromatic carbocycles. The lowest BCUT2D eigenvalue weighted by atomic mass is 10.2. The number of sulfonamides is 1.